The Morgan fingerprint density at radius 3 is 1.28 bits per heavy atom. The average molecular weight is 967 g/mol. The maximum atomic E-state index is 13.5. The number of esters is 1. The van der Waals surface area contributed by atoms with Crippen LogP contribution in [-0.4, -0.2) is 69.4 Å². The molecule has 67 heavy (non-hydrogen) atoms. The van der Waals surface area contributed by atoms with E-state index in [1.165, 1.54) is 173 Å². The third-order valence-electron chi connectivity index (χ3n) is 12.9. The highest BCUT2D eigenvalue weighted by atomic mass is 31.2. The van der Waals surface area contributed by atoms with Crippen molar-refractivity contribution >= 4 is 19.7 Å². The lowest BCUT2D eigenvalue weighted by atomic mass is 10.0. The maximum absolute atomic E-state index is 13.5. The Labute approximate surface area is 415 Å². The SMILES string of the molecule is CCCCCCCCC/C=C\CCCCCC(=O)OC(/C=C/CCCCCCCCCCCC)C(COP(=O)([O-])OCC[N+](C)(C)C)NC(=O)CCCCCCCCCCCCCCCCC. The summed E-state index contributed by atoms with van der Waals surface area (Å²) in [6, 6.07) is -0.887. The summed E-state index contributed by atoms with van der Waals surface area (Å²) < 4.78 is 30.2. The zero-order valence-corrected chi connectivity index (χ0v) is 46.0. The van der Waals surface area contributed by atoms with Crippen molar-refractivity contribution in [3.63, 3.8) is 0 Å². The number of quaternary nitrogens is 1. The highest BCUT2D eigenvalue weighted by Crippen LogP contribution is 2.38. The molecule has 0 rings (SSSR count). The van der Waals surface area contributed by atoms with Gasteiger partial charge in [0.25, 0.3) is 7.82 Å². The number of carbonyl (C=O) groups is 2. The number of phosphoric acid groups is 1. The van der Waals surface area contributed by atoms with Crippen LogP contribution in [0.15, 0.2) is 24.3 Å². The summed E-state index contributed by atoms with van der Waals surface area (Å²) in [6.07, 6.45) is 54.2. The van der Waals surface area contributed by atoms with Gasteiger partial charge in [-0.2, -0.15) is 0 Å². The van der Waals surface area contributed by atoms with Gasteiger partial charge in [-0.1, -0.05) is 232 Å². The van der Waals surface area contributed by atoms with Crippen LogP contribution < -0.4 is 10.2 Å². The second kappa shape index (κ2) is 48.1. The van der Waals surface area contributed by atoms with Crippen molar-refractivity contribution in [2.75, 3.05) is 40.9 Å². The fourth-order valence-corrected chi connectivity index (χ4v) is 9.12. The second-order valence-electron chi connectivity index (χ2n) is 20.8. The van der Waals surface area contributed by atoms with E-state index in [2.05, 4.69) is 38.2 Å². The number of likely N-dealkylation sites (N-methyl/N-ethyl adjacent to an activating group) is 1. The van der Waals surface area contributed by atoms with Gasteiger partial charge in [0.2, 0.25) is 5.91 Å². The smallest absolute Gasteiger partial charge is 0.306 e. The van der Waals surface area contributed by atoms with Crippen molar-refractivity contribution in [1.82, 2.24) is 5.32 Å². The van der Waals surface area contributed by atoms with Gasteiger partial charge in [-0.05, 0) is 57.4 Å². The van der Waals surface area contributed by atoms with Crippen molar-refractivity contribution < 1.29 is 37.3 Å². The maximum Gasteiger partial charge on any atom is 0.306 e. The minimum absolute atomic E-state index is 0.0212. The molecular formula is C57H111N2O7P. The van der Waals surface area contributed by atoms with Crippen LogP contribution in [0.25, 0.3) is 0 Å². The standard InChI is InChI=1S/C57H111N2O7P/c1-7-10-13-16-19-22-25-28-30-31-34-37-40-43-46-49-56(60)58-54(53-65-67(62,63)64-52-51-59(4,5)6)55(48-45-42-39-36-33-27-24-21-18-15-12-9-3)66-57(61)50-47-44-41-38-35-32-29-26-23-20-17-14-11-8-2/h32,35,45,48,54-55H,7-31,33-34,36-44,46-47,49-53H2,1-6H3,(H-,58,60,62,63)/b35-32-,48-45+. The fraction of sp³-hybridized carbons (Fsp3) is 0.895. The van der Waals surface area contributed by atoms with E-state index in [1.807, 2.05) is 33.3 Å². The van der Waals surface area contributed by atoms with E-state index >= 15 is 0 Å². The summed E-state index contributed by atoms with van der Waals surface area (Å²) in [6.45, 7) is 6.85. The van der Waals surface area contributed by atoms with Gasteiger partial charge in [0.05, 0.1) is 33.8 Å². The minimum Gasteiger partial charge on any atom is -0.756 e. The number of hydrogen-bond acceptors (Lipinski definition) is 7. The van der Waals surface area contributed by atoms with Crippen LogP contribution in [0.1, 0.15) is 278 Å². The molecule has 0 aromatic heterocycles. The number of rotatable bonds is 52. The van der Waals surface area contributed by atoms with Crippen LogP contribution in [0, 0.1) is 0 Å². The second-order valence-corrected chi connectivity index (χ2v) is 22.2. The van der Waals surface area contributed by atoms with Crippen molar-refractivity contribution in [2.45, 2.75) is 290 Å². The van der Waals surface area contributed by atoms with Crippen LogP contribution >= 0.6 is 7.82 Å². The van der Waals surface area contributed by atoms with Crippen molar-refractivity contribution in [1.29, 1.82) is 0 Å². The molecular weight excluding hydrogens is 856 g/mol. The minimum atomic E-state index is -4.69. The van der Waals surface area contributed by atoms with E-state index in [4.69, 9.17) is 13.8 Å². The van der Waals surface area contributed by atoms with Crippen LogP contribution in [-0.2, 0) is 27.9 Å². The van der Waals surface area contributed by atoms with Gasteiger partial charge < -0.3 is 28.5 Å². The van der Waals surface area contributed by atoms with Crippen LogP contribution in [0.4, 0.5) is 0 Å². The molecule has 0 aliphatic rings. The molecule has 1 amide bonds. The molecule has 9 nitrogen and oxygen atoms in total. The molecule has 0 aromatic carbocycles. The third kappa shape index (κ3) is 49.3. The lowest BCUT2D eigenvalue weighted by Gasteiger charge is -2.30. The Balaban J connectivity index is 5.36. The topological polar surface area (TPSA) is 114 Å². The van der Waals surface area contributed by atoms with Gasteiger partial charge in [-0.3, -0.25) is 14.2 Å². The fourth-order valence-electron chi connectivity index (χ4n) is 8.40. The Bertz CT molecular complexity index is 1210. The number of amides is 1. The predicted molar refractivity (Wildman–Crippen MR) is 284 cm³/mol. The molecule has 0 saturated carbocycles. The third-order valence-corrected chi connectivity index (χ3v) is 13.8. The van der Waals surface area contributed by atoms with E-state index in [0.717, 1.165) is 64.2 Å². The van der Waals surface area contributed by atoms with E-state index in [0.29, 0.717) is 23.9 Å². The highest BCUT2D eigenvalue weighted by molar-refractivity contribution is 7.45. The summed E-state index contributed by atoms with van der Waals surface area (Å²) in [5.74, 6) is -0.548. The molecule has 0 fully saturated rings. The summed E-state index contributed by atoms with van der Waals surface area (Å²) >= 11 is 0. The molecule has 10 heteroatoms. The van der Waals surface area contributed by atoms with Crippen molar-refractivity contribution in [2.24, 2.45) is 0 Å². The molecule has 0 aromatic rings. The Kier molecular flexibility index (Phi) is 47.0. The largest absolute Gasteiger partial charge is 0.756 e. The summed E-state index contributed by atoms with van der Waals surface area (Å²) in [7, 11) is 1.19. The molecule has 0 saturated heterocycles. The molecule has 3 unspecified atom stereocenters. The molecule has 0 aliphatic heterocycles. The Morgan fingerprint density at radius 2 is 0.866 bits per heavy atom. The van der Waals surface area contributed by atoms with E-state index in [-0.39, 0.29) is 31.5 Å². The van der Waals surface area contributed by atoms with Gasteiger partial charge in [-0.25, -0.2) is 0 Å². The Morgan fingerprint density at radius 1 is 0.507 bits per heavy atom. The number of allylic oxidation sites excluding steroid dienone is 3. The molecule has 3 atom stereocenters. The first kappa shape index (κ1) is 65.5. The van der Waals surface area contributed by atoms with Gasteiger partial charge in [0, 0.05) is 12.8 Å². The number of nitrogens with zero attached hydrogens (tertiary/aromatic N) is 1. The lowest BCUT2D eigenvalue weighted by molar-refractivity contribution is -0.870. The monoisotopic (exact) mass is 967 g/mol. The first-order chi connectivity index (χ1) is 32.4. The number of unbranched alkanes of at least 4 members (excludes halogenated alkanes) is 34. The van der Waals surface area contributed by atoms with E-state index in [1.54, 1.807) is 0 Å². The normalized spacial score (nSPS) is 14.0. The summed E-state index contributed by atoms with van der Waals surface area (Å²) in [5, 5.41) is 3.02. The predicted octanol–water partition coefficient (Wildman–Crippen LogP) is 16.4. The van der Waals surface area contributed by atoms with Crippen molar-refractivity contribution in [3.05, 3.63) is 24.3 Å². The molecule has 0 radical (unpaired) electrons. The van der Waals surface area contributed by atoms with E-state index < -0.39 is 20.0 Å². The highest BCUT2D eigenvalue weighted by Gasteiger charge is 2.27. The zero-order chi connectivity index (χ0) is 49.4. The van der Waals surface area contributed by atoms with E-state index in [9.17, 15) is 19.0 Å². The van der Waals surface area contributed by atoms with Gasteiger partial charge in [0.15, 0.2) is 0 Å². The molecule has 1 N–H and O–H groups in total. The van der Waals surface area contributed by atoms with Gasteiger partial charge >= 0.3 is 5.97 Å². The molecule has 0 spiro atoms. The van der Waals surface area contributed by atoms with Crippen LogP contribution in [0.5, 0.6) is 0 Å². The molecule has 0 bridgehead atoms. The van der Waals surface area contributed by atoms with Gasteiger partial charge in [0.1, 0.15) is 19.3 Å². The molecule has 396 valence electrons. The molecule has 0 heterocycles. The van der Waals surface area contributed by atoms with Crippen LogP contribution in [0.3, 0.4) is 0 Å². The Hall–Kier alpha value is -1.51. The first-order valence-electron chi connectivity index (χ1n) is 28.6. The first-order valence-corrected chi connectivity index (χ1v) is 30.1. The number of hydrogen-bond donors (Lipinski definition) is 1. The summed E-state index contributed by atoms with van der Waals surface area (Å²) in [4.78, 5) is 39.8. The van der Waals surface area contributed by atoms with Crippen molar-refractivity contribution in [3.8, 4) is 0 Å². The number of nitrogens with one attached hydrogen (secondary N) is 1. The van der Waals surface area contributed by atoms with Gasteiger partial charge in [-0.15, -0.1) is 0 Å². The summed E-state index contributed by atoms with van der Waals surface area (Å²) in [5.41, 5.74) is 0. The number of ether oxygens (including phenoxy) is 1. The lowest BCUT2D eigenvalue weighted by Crippen LogP contribution is -2.47. The zero-order valence-electron chi connectivity index (χ0n) is 45.1. The average Bonchev–Trinajstić information content (AvgIpc) is 3.28. The number of phosphoric ester groups is 1. The number of carbonyl (C=O) groups excluding carboxylic acids is 2. The van der Waals surface area contributed by atoms with Crippen LogP contribution in [0.2, 0.25) is 0 Å². The quantitative estimate of drug-likeness (QED) is 0.0212. The molecule has 0 aliphatic carbocycles.